The molecule has 0 heterocycles. The van der Waals surface area contributed by atoms with Crippen LogP contribution in [0.25, 0.3) is 0 Å². The fourth-order valence-electron chi connectivity index (χ4n) is 1.13. The van der Waals surface area contributed by atoms with Crippen molar-refractivity contribution < 1.29 is 13.2 Å². The van der Waals surface area contributed by atoms with E-state index >= 15 is 0 Å². The Morgan fingerprint density at radius 1 is 1.24 bits per heavy atom. The lowest BCUT2D eigenvalue weighted by Gasteiger charge is -2.15. The average Bonchev–Trinajstić information content (AvgIpc) is 2.13. The van der Waals surface area contributed by atoms with Gasteiger partial charge in [0.1, 0.15) is 0 Å². The summed E-state index contributed by atoms with van der Waals surface area (Å²) in [5, 5.41) is 2.56. The van der Waals surface area contributed by atoms with Crippen LogP contribution >= 0.6 is 0 Å². The van der Waals surface area contributed by atoms with Gasteiger partial charge in [-0.2, -0.15) is 0 Å². The first-order chi connectivity index (χ1) is 7.65. The van der Waals surface area contributed by atoms with Crippen molar-refractivity contribution in [3.05, 3.63) is 0 Å². The van der Waals surface area contributed by atoms with Gasteiger partial charge < -0.3 is 11.1 Å². The topological polar surface area (TPSA) is 101 Å². The molecule has 0 aromatic heterocycles. The highest BCUT2D eigenvalue weighted by Gasteiger charge is 2.18. The van der Waals surface area contributed by atoms with Crippen LogP contribution in [0.4, 0.5) is 0 Å². The van der Waals surface area contributed by atoms with Gasteiger partial charge in [0.15, 0.2) is 0 Å². The van der Waals surface area contributed by atoms with Gasteiger partial charge >= 0.3 is 0 Å². The Labute approximate surface area is 103 Å². The Bertz CT molecular complexity index is 339. The molecule has 0 saturated carbocycles. The van der Waals surface area contributed by atoms with Crippen LogP contribution in [0.15, 0.2) is 0 Å². The largest absolute Gasteiger partial charge is 0.355 e. The van der Waals surface area contributed by atoms with Gasteiger partial charge in [0.05, 0.1) is 5.75 Å². The summed E-state index contributed by atoms with van der Waals surface area (Å²) < 4.78 is 25.3. The fourth-order valence-corrected chi connectivity index (χ4v) is 2.33. The van der Waals surface area contributed by atoms with Crippen LogP contribution in [0.1, 0.15) is 27.7 Å². The van der Waals surface area contributed by atoms with Crippen molar-refractivity contribution in [2.24, 2.45) is 11.7 Å². The average molecular weight is 265 g/mol. The van der Waals surface area contributed by atoms with E-state index in [1.54, 1.807) is 27.7 Å². The highest BCUT2D eigenvalue weighted by Crippen LogP contribution is 1.98. The van der Waals surface area contributed by atoms with Crippen molar-refractivity contribution in [2.75, 3.05) is 12.3 Å². The second-order valence-electron chi connectivity index (χ2n) is 4.53. The summed E-state index contributed by atoms with van der Waals surface area (Å²) in [6.45, 7) is 7.03. The maximum absolute atomic E-state index is 11.5. The number of hydrogen-bond acceptors (Lipinski definition) is 4. The molecular formula is C10H23N3O3S. The highest BCUT2D eigenvalue weighted by atomic mass is 32.2. The number of carbonyl (C=O) groups is 1. The summed E-state index contributed by atoms with van der Waals surface area (Å²) in [4.78, 5) is 11.5. The van der Waals surface area contributed by atoms with Gasteiger partial charge in [0.25, 0.3) is 0 Å². The molecule has 102 valence electrons. The molecule has 0 bridgehead atoms. The lowest BCUT2D eigenvalue weighted by Crippen LogP contribution is -2.42. The molecule has 1 amide bonds. The van der Waals surface area contributed by atoms with E-state index in [1.807, 2.05) is 0 Å². The molecule has 0 spiro atoms. The zero-order valence-electron chi connectivity index (χ0n) is 10.9. The molecule has 0 radical (unpaired) electrons. The first-order valence-corrected chi connectivity index (χ1v) is 7.34. The third-order valence-corrected chi connectivity index (χ3v) is 3.86. The van der Waals surface area contributed by atoms with Crippen molar-refractivity contribution in [1.82, 2.24) is 10.0 Å². The molecular weight excluding hydrogens is 242 g/mol. The lowest BCUT2D eigenvalue weighted by atomic mass is 10.0. The quantitative estimate of drug-likeness (QED) is 0.573. The van der Waals surface area contributed by atoms with Crippen molar-refractivity contribution in [3.8, 4) is 0 Å². The first-order valence-electron chi connectivity index (χ1n) is 5.69. The second kappa shape index (κ2) is 6.93. The number of hydrogen-bond donors (Lipinski definition) is 3. The van der Waals surface area contributed by atoms with E-state index < -0.39 is 10.0 Å². The molecule has 0 fully saturated rings. The number of rotatable bonds is 7. The summed E-state index contributed by atoms with van der Waals surface area (Å²) in [7, 11) is -3.32. The Balaban J connectivity index is 4.04. The molecule has 0 aliphatic rings. The normalized spacial score (nSPS) is 15.6. The Morgan fingerprint density at radius 2 is 1.76 bits per heavy atom. The Kier molecular flexibility index (Phi) is 6.66. The molecule has 4 N–H and O–H groups in total. The van der Waals surface area contributed by atoms with Gasteiger partial charge in [-0.05, 0) is 20.8 Å². The summed E-state index contributed by atoms with van der Waals surface area (Å²) in [6, 6.07) is -0.390. The first kappa shape index (κ1) is 16.3. The molecule has 0 saturated heterocycles. The number of nitrogens with one attached hydrogen (secondary N) is 2. The van der Waals surface area contributed by atoms with Crippen molar-refractivity contribution in [2.45, 2.75) is 39.8 Å². The van der Waals surface area contributed by atoms with Gasteiger partial charge in [-0.1, -0.05) is 6.92 Å². The number of sulfonamides is 1. The highest BCUT2D eigenvalue weighted by molar-refractivity contribution is 7.89. The van der Waals surface area contributed by atoms with E-state index in [0.29, 0.717) is 0 Å². The molecule has 0 rings (SSSR count). The minimum absolute atomic E-state index is 0.0952. The van der Waals surface area contributed by atoms with E-state index in [9.17, 15) is 13.2 Å². The molecule has 17 heavy (non-hydrogen) atoms. The summed E-state index contributed by atoms with van der Waals surface area (Å²) >= 11 is 0. The zero-order valence-corrected chi connectivity index (χ0v) is 11.7. The van der Waals surface area contributed by atoms with Gasteiger partial charge in [-0.15, -0.1) is 0 Å². The van der Waals surface area contributed by atoms with Gasteiger partial charge in [-0.25, -0.2) is 13.1 Å². The molecule has 0 aliphatic carbocycles. The summed E-state index contributed by atoms with van der Waals surface area (Å²) in [6.07, 6.45) is 0. The number of carbonyl (C=O) groups excluding carboxylic acids is 1. The van der Waals surface area contributed by atoms with Crippen molar-refractivity contribution in [1.29, 1.82) is 0 Å². The van der Waals surface area contributed by atoms with Crippen LogP contribution in [0.2, 0.25) is 0 Å². The third kappa shape index (κ3) is 7.30. The number of amides is 1. The summed E-state index contributed by atoms with van der Waals surface area (Å²) in [5.41, 5.74) is 5.57. The van der Waals surface area contributed by atoms with Crippen LogP contribution in [-0.2, 0) is 14.8 Å². The predicted octanol–water partition coefficient (Wildman–Crippen LogP) is -0.586. The lowest BCUT2D eigenvalue weighted by molar-refractivity contribution is -0.124. The molecule has 0 aromatic carbocycles. The van der Waals surface area contributed by atoms with E-state index in [0.717, 1.165) is 0 Å². The van der Waals surface area contributed by atoms with Crippen LogP contribution in [0, 0.1) is 5.92 Å². The SMILES string of the molecule is CC(C)NS(=O)(=O)CCNC(=O)C(C)C(C)N. The van der Waals surface area contributed by atoms with Crippen LogP contribution < -0.4 is 15.8 Å². The van der Waals surface area contributed by atoms with E-state index in [4.69, 9.17) is 5.73 Å². The zero-order chi connectivity index (χ0) is 13.6. The summed E-state index contributed by atoms with van der Waals surface area (Å²) in [5.74, 6) is -0.668. The monoisotopic (exact) mass is 265 g/mol. The van der Waals surface area contributed by atoms with E-state index in [-0.39, 0.29) is 36.2 Å². The van der Waals surface area contributed by atoms with Gasteiger partial charge in [-0.3, -0.25) is 4.79 Å². The molecule has 6 nitrogen and oxygen atoms in total. The Morgan fingerprint density at radius 3 is 2.18 bits per heavy atom. The smallest absolute Gasteiger partial charge is 0.224 e. The molecule has 0 aliphatic heterocycles. The van der Waals surface area contributed by atoms with E-state index in [1.165, 1.54) is 0 Å². The van der Waals surface area contributed by atoms with Crippen molar-refractivity contribution >= 4 is 15.9 Å². The molecule has 2 unspecified atom stereocenters. The van der Waals surface area contributed by atoms with Crippen LogP contribution in [0.3, 0.4) is 0 Å². The minimum atomic E-state index is -3.32. The molecule has 7 heteroatoms. The molecule has 0 aromatic rings. The van der Waals surface area contributed by atoms with Crippen LogP contribution in [-0.4, -0.2) is 38.7 Å². The maximum Gasteiger partial charge on any atom is 0.224 e. The third-order valence-electron chi connectivity index (χ3n) is 2.29. The van der Waals surface area contributed by atoms with Crippen LogP contribution in [0.5, 0.6) is 0 Å². The minimum Gasteiger partial charge on any atom is -0.355 e. The van der Waals surface area contributed by atoms with Gasteiger partial charge in [0.2, 0.25) is 15.9 Å². The van der Waals surface area contributed by atoms with Crippen molar-refractivity contribution in [3.63, 3.8) is 0 Å². The molecule has 2 atom stereocenters. The number of nitrogens with two attached hydrogens (primary N) is 1. The predicted molar refractivity (Wildman–Crippen MR) is 67.9 cm³/mol. The Hall–Kier alpha value is -0.660. The van der Waals surface area contributed by atoms with Gasteiger partial charge in [0, 0.05) is 24.5 Å². The standard InChI is InChI=1S/C10H23N3O3S/c1-7(2)13-17(15,16)6-5-12-10(14)8(3)9(4)11/h7-9,13H,5-6,11H2,1-4H3,(H,12,14). The maximum atomic E-state index is 11.5. The van der Waals surface area contributed by atoms with E-state index in [2.05, 4.69) is 10.0 Å². The fraction of sp³-hybridized carbons (Fsp3) is 0.900. The second-order valence-corrected chi connectivity index (χ2v) is 6.40.